The Hall–Kier alpha value is -1.10. The summed E-state index contributed by atoms with van der Waals surface area (Å²) in [6.07, 6.45) is 3.58. The van der Waals surface area contributed by atoms with Crippen LogP contribution in [0.1, 0.15) is 32.6 Å². The topological polar surface area (TPSA) is 86.6 Å². The quantitative estimate of drug-likeness (QED) is 0.622. The summed E-state index contributed by atoms with van der Waals surface area (Å²) in [7, 11) is 0. The second kappa shape index (κ2) is 4.61. The molecule has 0 aromatic heterocycles. The van der Waals surface area contributed by atoms with Gasteiger partial charge >= 0.3 is 5.97 Å². The van der Waals surface area contributed by atoms with Crippen LogP contribution in [0, 0.1) is 5.41 Å². The number of aliphatic carboxylic acids is 1. The lowest BCUT2D eigenvalue weighted by Gasteiger charge is -2.24. The number of carboxylic acids is 1. The van der Waals surface area contributed by atoms with Gasteiger partial charge in [0, 0.05) is 5.41 Å². The first-order valence-corrected chi connectivity index (χ1v) is 5.14. The number of aliphatic hydroxyl groups is 1. The number of carbonyl (C=O) groups is 2. The summed E-state index contributed by atoms with van der Waals surface area (Å²) in [5.74, 6) is -1.46. The van der Waals surface area contributed by atoms with E-state index in [0.29, 0.717) is 0 Å². The van der Waals surface area contributed by atoms with Crippen molar-refractivity contribution < 1.29 is 19.8 Å². The molecule has 0 bridgehead atoms. The molecule has 0 heterocycles. The Balaban J connectivity index is 2.57. The molecule has 0 radical (unpaired) electrons. The molecule has 0 spiro atoms. The number of carbonyl (C=O) groups excluding carboxylic acids is 1. The summed E-state index contributed by atoms with van der Waals surface area (Å²) in [6, 6.07) is -1.19. The third-order valence-corrected chi connectivity index (χ3v) is 3.04. The Bertz CT molecular complexity index is 258. The van der Waals surface area contributed by atoms with Gasteiger partial charge in [-0.3, -0.25) is 4.79 Å². The molecule has 0 saturated heterocycles. The van der Waals surface area contributed by atoms with Crippen LogP contribution in [0.25, 0.3) is 0 Å². The van der Waals surface area contributed by atoms with Gasteiger partial charge in [0.1, 0.15) is 6.04 Å². The molecule has 1 aliphatic rings. The number of nitrogens with one attached hydrogen (secondary N) is 1. The molecule has 1 atom stereocenters. The number of hydrogen-bond acceptors (Lipinski definition) is 3. The van der Waals surface area contributed by atoms with Crippen molar-refractivity contribution in [3.05, 3.63) is 0 Å². The van der Waals surface area contributed by atoms with Crippen molar-refractivity contribution >= 4 is 11.9 Å². The number of hydrogen-bond donors (Lipinski definition) is 3. The first kappa shape index (κ1) is 12.0. The minimum Gasteiger partial charge on any atom is -0.480 e. The van der Waals surface area contributed by atoms with E-state index in [-0.39, 0.29) is 5.91 Å². The van der Waals surface area contributed by atoms with Gasteiger partial charge in [0.2, 0.25) is 5.91 Å². The smallest absolute Gasteiger partial charge is 0.328 e. The largest absolute Gasteiger partial charge is 0.480 e. The molecule has 3 N–H and O–H groups in total. The number of amides is 1. The summed E-state index contributed by atoms with van der Waals surface area (Å²) in [5, 5.41) is 19.8. The molecule has 86 valence electrons. The van der Waals surface area contributed by atoms with E-state index in [2.05, 4.69) is 5.32 Å². The SMILES string of the molecule is CC1(C(=O)N[C@H](CO)C(=O)O)CCCC1. The highest BCUT2D eigenvalue weighted by molar-refractivity contribution is 5.87. The Morgan fingerprint density at radius 1 is 1.40 bits per heavy atom. The van der Waals surface area contributed by atoms with Gasteiger partial charge in [-0.05, 0) is 12.8 Å². The Morgan fingerprint density at radius 2 is 1.93 bits per heavy atom. The Morgan fingerprint density at radius 3 is 2.33 bits per heavy atom. The average Bonchev–Trinajstić information content (AvgIpc) is 2.61. The Labute approximate surface area is 88.5 Å². The molecule has 5 nitrogen and oxygen atoms in total. The molecule has 0 aromatic rings. The summed E-state index contributed by atoms with van der Waals surface area (Å²) < 4.78 is 0. The second-order valence-corrected chi connectivity index (χ2v) is 4.31. The van der Waals surface area contributed by atoms with E-state index in [4.69, 9.17) is 10.2 Å². The summed E-state index contributed by atoms with van der Waals surface area (Å²) in [6.45, 7) is 1.27. The van der Waals surface area contributed by atoms with Crippen molar-refractivity contribution in [1.82, 2.24) is 5.32 Å². The highest BCUT2D eigenvalue weighted by Gasteiger charge is 2.37. The van der Waals surface area contributed by atoms with Gasteiger partial charge in [0.05, 0.1) is 6.61 Å². The normalized spacial score (nSPS) is 20.9. The van der Waals surface area contributed by atoms with E-state index in [1.54, 1.807) is 0 Å². The zero-order valence-electron chi connectivity index (χ0n) is 8.82. The van der Waals surface area contributed by atoms with Crippen molar-refractivity contribution in [1.29, 1.82) is 0 Å². The lowest BCUT2D eigenvalue weighted by atomic mass is 9.87. The second-order valence-electron chi connectivity index (χ2n) is 4.31. The van der Waals surface area contributed by atoms with Crippen LogP contribution in [-0.4, -0.2) is 34.7 Å². The van der Waals surface area contributed by atoms with Crippen molar-refractivity contribution in [2.24, 2.45) is 5.41 Å². The highest BCUT2D eigenvalue weighted by Crippen LogP contribution is 2.37. The Kier molecular flexibility index (Phi) is 3.68. The van der Waals surface area contributed by atoms with Crippen LogP contribution in [-0.2, 0) is 9.59 Å². The van der Waals surface area contributed by atoms with Gasteiger partial charge < -0.3 is 15.5 Å². The summed E-state index contributed by atoms with van der Waals surface area (Å²) in [5.41, 5.74) is -0.455. The monoisotopic (exact) mass is 215 g/mol. The van der Waals surface area contributed by atoms with E-state index in [1.807, 2.05) is 6.92 Å². The zero-order chi connectivity index (χ0) is 11.5. The van der Waals surface area contributed by atoms with Crippen LogP contribution in [0.3, 0.4) is 0 Å². The van der Waals surface area contributed by atoms with E-state index >= 15 is 0 Å². The van der Waals surface area contributed by atoms with Crippen LogP contribution < -0.4 is 5.32 Å². The van der Waals surface area contributed by atoms with Crippen LogP contribution in [0.15, 0.2) is 0 Å². The fourth-order valence-corrected chi connectivity index (χ4v) is 1.90. The van der Waals surface area contributed by atoms with Gasteiger partial charge in [0.25, 0.3) is 0 Å². The molecule has 15 heavy (non-hydrogen) atoms. The number of carboxylic acid groups (broad SMARTS) is 1. The van der Waals surface area contributed by atoms with Crippen molar-refractivity contribution in [3.63, 3.8) is 0 Å². The van der Waals surface area contributed by atoms with Crippen LogP contribution in [0.4, 0.5) is 0 Å². The molecule has 1 saturated carbocycles. The van der Waals surface area contributed by atoms with Gasteiger partial charge in [-0.1, -0.05) is 19.8 Å². The first-order chi connectivity index (χ1) is 6.99. The van der Waals surface area contributed by atoms with Gasteiger partial charge in [-0.15, -0.1) is 0 Å². The standard InChI is InChI=1S/C10H17NO4/c1-10(4-2-3-5-10)9(15)11-7(6-12)8(13)14/h7,12H,2-6H2,1H3,(H,11,15)(H,13,14)/t7-/m1/s1. The molecule has 0 aliphatic heterocycles. The maximum atomic E-state index is 11.8. The fourth-order valence-electron chi connectivity index (χ4n) is 1.90. The third-order valence-electron chi connectivity index (χ3n) is 3.04. The first-order valence-electron chi connectivity index (χ1n) is 5.14. The predicted molar refractivity (Wildman–Crippen MR) is 53.2 cm³/mol. The van der Waals surface area contributed by atoms with Crippen LogP contribution >= 0.6 is 0 Å². The molecule has 1 aliphatic carbocycles. The van der Waals surface area contributed by atoms with E-state index in [0.717, 1.165) is 25.7 Å². The molecular weight excluding hydrogens is 198 g/mol. The molecule has 1 rings (SSSR count). The number of rotatable bonds is 4. The third kappa shape index (κ3) is 2.68. The van der Waals surface area contributed by atoms with Crippen molar-refractivity contribution in [3.8, 4) is 0 Å². The van der Waals surface area contributed by atoms with Gasteiger partial charge in [-0.25, -0.2) is 4.79 Å². The zero-order valence-corrected chi connectivity index (χ0v) is 8.82. The lowest BCUT2D eigenvalue weighted by molar-refractivity contribution is -0.144. The minimum atomic E-state index is -1.20. The van der Waals surface area contributed by atoms with Gasteiger partial charge in [-0.2, -0.15) is 0 Å². The molecule has 0 aromatic carbocycles. The van der Waals surface area contributed by atoms with E-state index in [1.165, 1.54) is 0 Å². The van der Waals surface area contributed by atoms with Crippen molar-refractivity contribution in [2.45, 2.75) is 38.6 Å². The van der Waals surface area contributed by atoms with E-state index < -0.39 is 24.0 Å². The fraction of sp³-hybridized carbons (Fsp3) is 0.800. The number of aliphatic hydroxyl groups excluding tert-OH is 1. The van der Waals surface area contributed by atoms with Crippen LogP contribution in [0.2, 0.25) is 0 Å². The predicted octanol–water partition coefficient (Wildman–Crippen LogP) is 0.128. The van der Waals surface area contributed by atoms with Crippen LogP contribution in [0.5, 0.6) is 0 Å². The van der Waals surface area contributed by atoms with Gasteiger partial charge in [0.15, 0.2) is 0 Å². The molecule has 1 amide bonds. The lowest BCUT2D eigenvalue weighted by Crippen LogP contribution is -2.48. The maximum absolute atomic E-state index is 11.8. The summed E-state index contributed by atoms with van der Waals surface area (Å²) >= 11 is 0. The highest BCUT2D eigenvalue weighted by atomic mass is 16.4. The van der Waals surface area contributed by atoms with E-state index in [9.17, 15) is 9.59 Å². The maximum Gasteiger partial charge on any atom is 0.328 e. The minimum absolute atomic E-state index is 0.263. The van der Waals surface area contributed by atoms with Crippen molar-refractivity contribution in [2.75, 3.05) is 6.61 Å². The summed E-state index contributed by atoms with van der Waals surface area (Å²) in [4.78, 5) is 22.4. The molecule has 1 fully saturated rings. The average molecular weight is 215 g/mol. The molecular formula is C10H17NO4. The molecule has 0 unspecified atom stereocenters. The molecule has 5 heteroatoms.